The molecule has 4 nitrogen and oxygen atoms in total. The third-order valence-electron chi connectivity index (χ3n) is 3.67. The molecular weight excluding hydrogens is 206 g/mol. The second kappa shape index (κ2) is 5.15. The molecule has 1 aliphatic rings. The van der Waals surface area contributed by atoms with E-state index in [1.54, 1.807) is 0 Å². The first-order valence-electron chi connectivity index (χ1n) is 6.05. The molecule has 3 atom stereocenters. The van der Waals surface area contributed by atoms with E-state index in [1.807, 2.05) is 20.8 Å². The van der Waals surface area contributed by atoms with E-state index in [2.05, 4.69) is 4.90 Å². The van der Waals surface area contributed by atoms with E-state index in [4.69, 9.17) is 5.11 Å². The minimum atomic E-state index is -0.686. The predicted molar refractivity (Wildman–Crippen MR) is 62.3 cm³/mol. The standard InChI is InChI=1S/C12H23NO3/c1-4-12(3,16)8-13-6-5-10(11(14)15)7-9(13)2/h9-10,16H,4-8H2,1-3H3,(H,14,15). The lowest BCUT2D eigenvalue weighted by Gasteiger charge is -2.40. The minimum Gasteiger partial charge on any atom is -0.481 e. The van der Waals surface area contributed by atoms with E-state index < -0.39 is 11.6 Å². The van der Waals surface area contributed by atoms with Gasteiger partial charge < -0.3 is 10.2 Å². The van der Waals surface area contributed by atoms with Crippen LogP contribution in [0, 0.1) is 5.92 Å². The first-order valence-corrected chi connectivity index (χ1v) is 6.05. The van der Waals surface area contributed by atoms with Crippen molar-refractivity contribution in [2.45, 2.75) is 51.7 Å². The number of aliphatic hydroxyl groups is 1. The van der Waals surface area contributed by atoms with Crippen molar-refractivity contribution in [1.29, 1.82) is 0 Å². The van der Waals surface area contributed by atoms with Gasteiger partial charge in [-0.3, -0.25) is 9.69 Å². The zero-order chi connectivity index (χ0) is 12.3. The van der Waals surface area contributed by atoms with Crippen LogP contribution in [0.3, 0.4) is 0 Å². The first kappa shape index (κ1) is 13.5. The second-order valence-corrected chi connectivity index (χ2v) is 5.23. The topological polar surface area (TPSA) is 60.8 Å². The Labute approximate surface area is 97.3 Å². The van der Waals surface area contributed by atoms with Gasteiger partial charge in [-0.2, -0.15) is 0 Å². The third kappa shape index (κ3) is 3.46. The fourth-order valence-electron chi connectivity index (χ4n) is 2.23. The molecule has 0 radical (unpaired) electrons. The van der Waals surface area contributed by atoms with Crippen LogP contribution in [0.1, 0.15) is 40.0 Å². The summed E-state index contributed by atoms with van der Waals surface area (Å²) in [5.74, 6) is -0.897. The highest BCUT2D eigenvalue weighted by atomic mass is 16.4. The summed E-state index contributed by atoms with van der Waals surface area (Å²) in [6.45, 7) is 7.25. The summed E-state index contributed by atoms with van der Waals surface area (Å²) < 4.78 is 0. The maximum atomic E-state index is 10.9. The van der Waals surface area contributed by atoms with E-state index in [-0.39, 0.29) is 12.0 Å². The maximum absolute atomic E-state index is 10.9. The molecule has 3 unspecified atom stereocenters. The Morgan fingerprint density at radius 2 is 2.19 bits per heavy atom. The fraction of sp³-hybridized carbons (Fsp3) is 0.917. The van der Waals surface area contributed by atoms with Crippen molar-refractivity contribution < 1.29 is 15.0 Å². The lowest BCUT2D eigenvalue weighted by Crippen LogP contribution is -2.49. The van der Waals surface area contributed by atoms with Crippen molar-refractivity contribution in [2.75, 3.05) is 13.1 Å². The Kier molecular flexibility index (Phi) is 4.33. The molecule has 0 aromatic heterocycles. The monoisotopic (exact) mass is 229 g/mol. The summed E-state index contributed by atoms with van der Waals surface area (Å²) in [7, 11) is 0. The average molecular weight is 229 g/mol. The van der Waals surface area contributed by atoms with Gasteiger partial charge in [-0.1, -0.05) is 6.92 Å². The quantitative estimate of drug-likeness (QED) is 0.763. The van der Waals surface area contributed by atoms with Gasteiger partial charge in [0, 0.05) is 12.6 Å². The molecule has 0 spiro atoms. The van der Waals surface area contributed by atoms with Gasteiger partial charge in [-0.05, 0) is 39.7 Å². The number of likely N-dealkylation sites (tertiary alicyclic amines) is 1. The molecule has 0 saturated carbocycles. The van der Waals surface area contributed by atoms with Crippen LogP contribution in [0.15, 0.2) is 0 Å². The van der Waals surface area contributed by atoms with Crippen LogP contribution in [-0.2, 0) is 4.79 Å². The van der Waals surface area contributed by atoms with Crippen LogP contribution in [-0.4, -0.2) is 45.8 Å². The van der Waals surface area contributed by atoms with Crippen molar-refractivity contribution in [3.63, 3.8) is 0 Å². The number of aliphatic carboxylic acids is 1. The van der Waals surface area contributed by atoms with Crippen LogP contribution in [0.25, 0.3) is 0 Å². The van der Waals surface area contributed by atoms with E-state index in [9.17, 15) is 9.90 Å². The number of hydrogen-bond acceptors (Lipinski definition) is 3. The highest BCUT2D eigenvalue weighted by Gasteiger charge is 2.32. The zero-order valence-electron chi connectivity index (χ0n) is 10.4. The summed E-state index contributed by atoms with van der Waals surface area (Å²) in [5, 5.41) is 19.0. The van der Waals surface area contributed by atoms with Gasteiger partial charge in [-0.25, -0.2) is 0 Å². The Morgan fingerprint density at radius 1 is 1.56 bits per heavy atom. The van der Waals surface area contributed by atoms with Crippen LogP contribution < -0.4 is 0 Å². The number of piperidine rings is 1. The predicted octanol–water partition coefficient (Wildman–Crippen LogP) is 1.33. The van der Waals surface area contributed by atoms with Gasteiger partial charge in [-0.15, -0.1) is 0 Å². The van der Waals surface area contributed by atoms with Crippen molar-refractivity contribution in [3.05, 3.63) is 0 Å². The molecule has 0 aromatic carbocycles. The molecule has 0 bridgehead atoms. The third-order valence-corrected chi connectivity index (χ3v) is 3.67. The fourth-order valence-corrected chi connectivity index (χ4v) is 2.23. The van der Waals surface area contributed by atoms with E-state index in [0.29, 0.717) is 19.4 Å². The van der Waals surface area contributed by atoms with Gasteiger partial charge in [0.05, 0.1) is 11.5 Å². The van der Waals surface area contributed by atoms with Crippen molar-refractivity contribution in [2.24, 2.45) is 5.92 Å². The van der Waals surface area contributed by atoms with Crippen LogP contribution in [0.5, 0.6) is 0 Å². The summed E-state index contributed by atoms with van der Waals surface area (Å²) in [6.07, 6.45) is 2.10. The number of carbonyl (C=O) groups is 1. The van der Waals surface area contributed by atoms with Crippen molar-refractivity contribution in [1.82, 2.24) is 4.90 Å². The van der Waals surface area contributed by atoms with Crippen molar-refractivity contribution in [3.8, 4) is 0 Å². The molecule has 16 heavy (non-hydrogen) atoms. The molecule has 2 N–H and O–H groups in total. The molecule has 1 fully saturated rings. The highest BCUT2D eigenvalue weighted by molar-refractivity contribution is 5.70. The lowest BCUT2D eigenvalue weighted by atomic mass is 9.90. The Hall–Kier alpha value is -0.610. The summed E-state index contributed by atoms with van der Waals surface area (Å²) >= 11 is 0. The zero-order valence-corrected chi connectivity index (χ0v) is 10.4. The average Bonchev–Trinajstić information content (AvgIpc) is 2.20. The summed E-state index contributed by atoms with van der Waals surface area (Å²) in [6, 6.07) is 0.243. The Morgan fingerprint density at radius 3 is 2.62 bits per heavy atom. The minimum absolute atomic E-state index is 0.210. The Bertz CT molecular complexity index is 253. The second-order valence-electron chi connectivity index (χ2n) is 5.23. The van der Waals surface area contributed by atoms with Gasteiger partial charge in [0.1, 0.15) is 0 Å². The van der Waals surface area contributed by atoms with E-state index >= 15 is 0 Å². The number of rotatable bonds is 4. The van der Waals surface area contributed by atoms with E-state index in [1.165, 1.54) is 0 Å². The highest BCUT2D eigenvalue weighted by Crippen LogP contribution is 2.25. The van der Waals surface area contributed by atoms with Gasteiger partial charge in [0.2, 0.25) is 0 Å². The summed E-state index contributed by atoms with van der Waals surface area (Å²) in [5.41, 5.74) is -0.662. The molecule has 4 heteroatoms. The SMILES string of the molecule is CCC(C)(O)CN1CCC(C(=O)O)CC1C. The maximum Gasteiger partial charge on any atom is 0.306 e. The number of carboxylic acids is 1. The van der Waals surface area contributed by atoms with Crippen LogP contribution in [0.2, 0.25) is 0 Å². The van der Waals surface area contributed by atoms with Gasteiger partial charge in [0.15, 0.2) is 0 Å². The number of carboxylic acid groups (broad SMARTS) is 1. The van der Waals surface area contributed by atoms with Gasteiger partial charge in [0.25, 0.3) is 0 Å². The largest absolute Gasteiger partial charge is 0.481 e. The van der Waals surface area contributed by atoms with Crippen LogP contribution >= 0.6 is 0 Å². The molecule has 94 valence electrons. The molecule has 1 saturated heterocycles. The molecule has 1 aliphatic heterocycles. The number of β-amino-alcohol motifs (C(OH)–C–C–N with tert-alkyl or cyclic N) is 1. The number of nitrogens with zero attached hydrogens (tertiary/aromatic N) is 1. The molecule has 0 aromatic rings. The summed E-state index contributed by atoms with van der Waals surface area (Å²) in [4.78, 5) is 13.1. The van der Waals surface area contributed by atoms with Crippen LogP contribution in [0.4, 0.5) is 0 Å². The molecular formula is C12H23NO3. The smallest absolute Gasteiger partial charge is 0.306 e. The normalized spacial score (nSPS) is 31.0. The molecule has 1 heterocycles. The molecule has 1 rings (SSSR count). The lowest BCUT2D eigenvalue weighted by molar-refractivity contribution is -0.144. The van der Waals surface area contributed by atoms with Gasteiger partial charge >= 0.3 is 5.97 Å². The molecule has 0 amide bonds. The number of hydrogen-bond donors (Lipinski definition) is 2. The van der Waals surface area contributed by atoms with E-state index in [0.717, 1.165) is 13.0 Å². The Balaban J connectivity index is 2.51. The first-order chi connectivity index (χ1) is 7.35. The molecule has 0 aliphatic carbocycles. The van der Waals surface area contributed by atoms with Crippen molar-refractivity contribution >= 4 is 5.97 Å².